The second-order valence-electron chi connectivity index (χ2n) is 4.06. The lowest BCUT2D eigenvalue weighted by Gasteiger charge is -2.10. The van der Waals surface area contributed by atoms with E-state index in [4.69, 9.17) is 21.6 Å². The third-order valence-electron chi connectivity index (χ3n) is 2.65. The molecular formula is C14H9ClN2O3. The van der Waals surface area contributed by atoms with Crippen molar-refractivity contribution in [1.82, 2.24) is 0 Å². The number of hydrogen-bond donors (Lipinski definition) is 0. The predicted octanol–water partition coefficient (Wildman–Crippen LogP) is 4.22. The summed E-state index contributed by atoms with van der Waals surface area (Å²) in [6.07, 6.45) is 0. The van der Waals surface area contributed by atoms with E-state index in [1.165, 1.54) is 24.3 Å². The second-order valence-corrected chi connectivity index (χ2v) is 4.50. The molecule has 0 aliphatic carbocycles. The molecule has 0 unspecified atom stereocenters. The number of nitrogens with zero attached hydrogens (tertiary/aromatic N) is 2. The fourth-order valence-corrected chi connectivity index (χ4v) is 1.82. The summed E-state index contributed by atoms with van der Waals surface area (Å²) in [4.78, 5) is 10.2. The first-order valence-electron chi connectivity index (χ1n) is 5.64. The molecule has 2 rings (SSSR count). The molecule has 0 atom stereocenters. The van der Waals surface area contributed by atoms with Gasteiger partial charge >= 0.3 is 0 Å². The molecule has 0 fully saturated rings. The van der Waals surface area contributed by atoms with Crippen LogP contribution in [0.1, 0.15) is 11.1 Å². The van der Waals surface area contributed by atoms with Crippen molar-refractivity contribution in [2.75, 3.05) is 0 Å². The first-order valence-corrected chi connectivity index (χ1v) is 6.01. The van der Waals surface area contributed by atoms with E-state index in [1.54, 1.807) is 19.1 Å². The molecule has 0 amide bonds. The summed E-state index contributed by atoms with van der Waals surface area (Å²) < 4.78 is 5.62. The lowest BCUT2D eigenvalue weighted by molar-refractivity contribution is -0.384. The van der Waals surface area contributed by atoms with Crippen molar-refractivity contribution in [1.29, 1.82) is 5.26 Å². The van der Waals surface area contributed by atoms with Gasteiger partial charge in [0.25, 0.3) is 5.69 Å². The van der Waals surface area contributed by atoms with E-state index < -0.39 is 4.92 Å². The minimum atomic E-state index is -0.475. The highest BCUT2D eigenvalue weighted by Gasteiger charge is 2.11. The van der Waals surface area contributed by atoms with Crippen LogP contribution in [0.2, 0.25) is 5.02 Å². The van der Waals surface area contributed by atoms with Gasteiger partial charge in [-0.1, -0.05) is 11.6 Å². The van der Waals surface area contributed by atoms with Gasteiger partial charge in [0, 0.05) is 23.2 Å². The van der Waals surface area contributed by atoms with Crippen LogP contribution in [0.4, 0.5) is 5.69 Å². The molecule has 100 valence electrons. The fourth-order valence-electron chi connectivity index (χ4n) is 1.65. The van der Waals surface area contributed by atoms with Crippen LogP contribution in [0.15, 0.2) is 36.4 Å². The maximum Gasteiger partial charge on any atom is 0.269 e. The minimum absolute atomic E-state index is 0.0125. The SMILES string of the molecule is Cc1cc([N+](=O)[O-])ccc1Oc1cc(Cl)ccc1C#N. The van der Waals surface area contributed by atoms with Gasteiger partial charge in [0.15, 0.2) is 0 Å². The maximum atomic E-state index is 10.7. The van der Waals surface area contributed by atoms with Crippen LogP contribution in [0.3, 0.4) is 0 Å². The maximum absolute atomic E-state index is 10.7. The summed E-state index contributed by atoms with van der Waals surface area (Å²) in [6, 6.07) is 10.9. The topological polar surface area (TPSA) is 76.2 Å². The highest BCUT2D eigenvalue weighted by atomic mass is 35.5. The summed E-state index contributed by atoms with van der Waals surface area (Å²) >= 11 is 5.87. The zero-order chi connectivity index (χ0) is 14.7. The largest absolute Gasteiger partial charge is 0.456 e. The van der Waals surface area contributed by atoms with Gasteiger partial charge in [0.05, 0.1) is 10.5 Å². The standard InChI is InChI=1S/C14H9ClN2O3/c1-9-6-12(17(18)19)4-5-13(9)20-14-7-11(15)3-2-10(14)8-16/h2-7H,1H3. The van der Waals surface area contributed by atoms with Crippen LogP contribution in [-0.2, 0) is 0 Å². The summed E-state index contributed by atoms with van der Waals surface area (Å²) in [6.45, 7) is 1.69. The number of nitro groups is 1. The Labute approximate surface area is 120 Å². The van der Waals surface area contributed by atoms with Gasteiger partial charge in [0.2, 0.25) is 0 Å². The number of hydrogen-bond acceptors (Lipinski definition) is 4. The zero-order valence-corrected chi connectivity index (χ0v) is 11.2. The normalized spacial score (nSPS) is 9.85. The number of rotatable bonds is 3. The first-order chi connectivity index (χ1) is 9.51. The Balaban J connectivity index is 2.38. The number of ether oxygens (including phenoxy) is 1. The van der Waals surface area contributed by atoms with Crippen LogP contribution in [0.5, 0.6) is 11.5 Å². The Hall–Kier alpha value is -2.58. The fraction of sp³-hybridized carbons (Fsp3) is 0.0714. The van der Waals surface area contributed by atoms with Gasteiger partial charge in [-0.05, 0) is 30.7 Å². The van der Waals surface area contributed by atoms with E-state index in [0.717, 1.165) is 0 Å². The third kappa shape index (κ3) is 2.87. The average molecular weight is 289 g/mol. The number of non-ortho nitro benzene ring substituents is 1. The lowest BCUT2D eigenvalue weighted by atomic mass is 10.2. The van der Waals surface area contributed by atoms with Crippen molar-refractivity contribution < 1.29 is 9.66 Å². The number of nitriles is 1. The van der Waals surface area contributed by atoms with Crippen molar-refractivity contribution in [2.24, 2.45) is 0 Å². The molecule has 0 N–H and O–H groups in total. The molecular weight excluding hydrogens is 280 g/mol. The van der Waals surface area contributed by atoms with E-state index in [1.807, 2.05) is 6.07 Å². The Morgan fingerprint density at radius 2 is 2.00 bits per heavy atom. The molecule has 2 aromatic rings. The van der Waals surface area contributed by atoms with Crippen molar-refractivity contribution in [2.45, 2.75) is 6.92 Å². The second kappa shape index (κ2) is 5.59. The van der Waals surface area contributed by atoms with Gasteiger partial charge in [-0.2, -0.15) is 5.26 Å². The summed E-state index contributed by atoms with van der Waals surface area (Å²) in [7, 11) is 0. The summed E-state index contributed by atoms with van der Waals surface area (Å²) in [5.74, 6) is 0.756. The molecule has 0 spiro atoms. The van der Waals surface area contributed by atoms with E-state index in [0.29, 0.717) is 27.6 Å². The predicted molar refractivity (Wildman–Crippen MR) is 74.1 cm³/mol. The quantitative estimate of drug-likeness (QED) is 0.626. The molecule has 0 heterocycles. The Kier molecular flexibility index (Phi) is 3.87. The van der Waals surface area contributed by atoms with Gasteiger partial charge < -0.3 is 4.74 Å². The molecule has 0 radical (unpaired) electrons. The molecule has 0 aliphatic heterocycles. The lowest BCUT2D eigenvalue weighted by Crippen LogP contribution is -1.93. The molecule has 0 aromatic heterocycles. The van der Waals surface area contributed by atoms with Crippen LogP contribution in [-0.4, -0.2) is 4.92 Å². The first kappa shape index (κ1) is 13.8. The van der Waals surface area contributed by atoms with Crippen LogP contribution in [0, 0.1) is 28.4 Å². The van der Waals surface area contributed by atoms with E-state index in [9.17, 15) is 10.1 Å². The Morgan fingerprint density at radius 1 is 1.25 bits per heavy atom. The van der Waals surface area contributed by atoms with Gasteiger partial charge in [-0.3, -0.25) is 10.1 Å². The van der Waals surface area contributed by atoms with Crippen molar-refractivity contribution >= 4 is 17.3 Å². The van der Waals surface area contributed by atoms with Crippen molar-refractivity contribution in [3.63, 3.8) is 0 Å². The Morgan fingerprint density at radius 3 is 2.60 bits per heavy atom. The van der Waals surface area contributed by atoms with Crippen molar-refractivity contribution in [3.05, 3.63) is 62.7 Å². The number of nitro benzene ring substituents is 1. The summed E-state index contributed by atoms with van der Waals surface area (Å²) in [5.41, 5.74) is 0.927. The van der Waals surface area contributed by atoms with Crippen LogP contribution >= 0.6 is 11.6 Å². The van der Waals surface area contributed by atoms with Gasteiger partial charge in [0.1, 0.15) is 17.6 Å². The smallest absolute Gasteiger partial charge is 0.269 e. The van der Waals surface area contributed by atoms with E-state index in [-0.39, 0.29) is 5.69 Å². The molecule has 0 aliphatic rings. The molecule has 0 saturated carbocycles. The molecule has 0 bridgehead atoms. The molecule has 5 nitrogen and oxygen atoms in total. The highest BCUT2D eigenvalue weighted by molar-refractivity contribution is 6.30. The van der Waals surface area contributed by atoms with Gasteiger partial charge in [-0.25, -0.2) is 0 Å². The highest BCUT2D eigenvalue weighted by Crippen LogP contribution is 2.31. The number of benzene rings is 2. The van der Waals surface area contributed by atoms with E-state index >= 15 is 0 Å². The van der Waals surface area contributed by atoms with E-state index in [2.05, 4.69) is 0 Å². The zero-order valence-electron chi connectivity index (χ0n) is 10.5. The van der Waals surface area contributed by atoms with Crippen molar-refractivity contribution in [3.8, 4) is 17.6 Å². The third-order valence-corrected chi connectivity index (χ3v) is 2.89. The monoisotopic (exact) mass is 288 g/mol. The number of aryl methyl sites for hydroxylation is 1. The van der Waals surface area contributed by atoms with Crippen LogP contribution in [0.25, 0.3) is 0 Å². The molecule has 0 saturated heterocycles. The Bertz CT molecular complexity index is 723. The average Bonchev–Trinajstić information content (AvgIpc) is 2.41. The minimum Gasteiger partial charge on any atom is -0.456 e. The van der Waals surface area contributed by atoms with Crippen LogP contribution < -0.4 is 4.74 Å². The number of halogens is 1. The molecule has 20 heavy (non-hydrogen) atoms. The van der Waals surface area contributed by atoms with Gasteiger partial charge in [-0.15, -0.1) is 0 Å². The molecule has 2 aromatic carbocycles. The molecule has 6 heteroatoms. The summed E-state index contributed by atoms with van der Waals surface area (Å²) in [5, 5.41) is 20.1.